The van der Waals surface area contributed by atoms with Crippen molar-refractivity contribution in [1.29, 1.82) is 0 Å². The Balaban J connectivity index is 1.33. The van der Waals surface area contributed by atoms with Gasteiger partial charge in [-0.25, -0.2) is 9.97 Å². The van der Waals surface area contributed by atoms with E-state index in [9.17, 15) is 4.79 Å². The van der Waals surface area contributed by atoms with Crippen LogP contribution in [0.2, 0.25) is 0 Å². The molecule has 1 aromatic heterocycles. The molecule has 0 aliphatic carbocycles. The summed E-state index contributed by atoms with van der Waals surface area (Å²) in [5.41, 5.74) is 1.22. The van der Waals surface area contributed by atoms with Gasteiger partial charge in [0.15, 0.2) is 5.79 Å². The van der Waals surface area contributed by atoms with E-state index in [-0.39, 0.29) is 5.91 Å². The molecule has 0 unspecified atom stereocenters. The third-order valence-electron chi connectivity index (χ3n) is 5.51. The maximum absolute atomic E-state index is 12.9. The molecule has 0 bridgehead atoms. The fourth-order valence-corrected chi connectivity index (χ4v) is 3.91. The number of amides is 1. The molecule has 9 nitrogen and oxygen atoms in total. The highest BCUT2D eigenvalue weighted by Gasteiger charge is 2.41. The number of rotatable bonds is 5. The number of ether oxygens (including phenoxy) is 3. The second-order valence-electron chi connectivity index (χ2n) is 7.50. The van der Waals surface area contributed by atoms with Gasteiger partial charge in [-0.3, -0.25) is 9.69 Å². The number of aromatic nitrogens is 2. The van der Waals surface area contributed by atoms with Gasteiger partial charge in [-0.05, 0) is 13.0 Å². The molecule has 154 valence electrons. The summed E-state index contributed by atoms with van der Waals surface area (Å²) in [6, 6.07) is 1.75. The molecule has 1 aromatic rings. The predicted octanol–water partition coefficient (Wildman–Crippen LogP) is 0.508. The summed E-state index contributed by atoms with van der Waals surface area (Å²) in [6.07, 6.45) is 1.40. The topological polar surface area (TPSA) is 89.1 Å². The molecule has 28 heavy (non-hydrogen) atoms. The SMILES string of the molecule is Cc1cc(C(=O)N2CCC3(CC2)OCCO3)nc(NCCN2CCOCC2)n1. The number of likely N-dealkylation sites (tertiary alicyclic amines) is 1. The second kappa shape index (κ2) is 8.69. The Hall–Kier alpha value is -1.81. The van der Waals surface area contributed by atoms with Crippen molar-refractivity contribution in [2.24, 2.45) is 0 Å². The highest BCUT2D eigenvalue weighted by atomic mass is 16.7. The van der Waals surface area contributed by atoms with E-state index in [1.165, 1.54) is 0 Å². The number of nitrogens with zero attached hydrogens (tertiary/aromatic N) is 4. The van der Waals surface area contributed by atoms with Crippen LogP contribution in [-0.2, 0) is 14.2 Å². The Labute approximate surface area is 165 Å². The van der Waals surface area contributed by atoms with Gasteiger partial charge in [0, 0.05) is 57.8 Å². The number of anilines is 1. The lowest BCUT2D eigenvalue weighted by atomic mass is 10.0. The number of piperidine rings is 1. The highest BCUT2D eigenvalue weighted by Crippen LogP contribution is 2.31. The Kier molecular flexibility index (Phi) is 6.05. The minimum atomic E-state index is -0.482. The van der Waals surface area contributed by atoms with Crippen LogP contribution in [0.15, 0.2) is 6.07 Å². The quantitative estimate of drug-likeness (QED) is 0.777. The zero-order valence-corrected chi connectivity index (χ0v) is 16.5. The first-order valence-corrected chi connectivity index (χ1v) is 10.1. The zero-order chi connectivity index (χ0) is 19.4. The van der Waals surface area contributed by atoms with E-state index in [0.717, 1.165) is 45.1 Å². The van der Waals surface area contributed by atoms with E-state index in [0.29, 0.717) is 50.8 Å². The molecule has 1 spiro atoms. The lowest BCUT2D eigenvalue weighted by Crippen LogP contribution is -2.47. The number of hydrogen-bond donors (Lipinski definition) is 1. The molecule has 4 heterocycles. The monoisotopic (exact) mass is 391 g/mol. The fourth-order valence-electron chi connectivity index (χ4n) is 3.91. The van der Waals surface area contributed by atoms with Crippen LogP contribution in [-0.4, -0.2) is 97.2 Å². The van der Waals surface area contributed by atoms with Gasteiger partial charge in [0.1, 0.15) is 5.69 Å². The van der Waals surface area contributed by atoms with Crippen LogP contribution in [0.3, 0.4) is 0 Å². The van der Waals surface area contributed by atoms with Crippen molar-refractivity contribution in [2.75, 3.05) is 71.0 Å². The Morgan fingerprint density at radius 3 is 2.54 bits per heavy atom. The predicted molar refractivity (Wildman–Crippen MR) is 102 cm³/mol. The Morgan fingerprint density at radius 2 is 1.82 bits per heavy atom. The van der Waals surface area contributed by atoms with E-state index in [4.69, 9.17) is 14.2 Å². The number of morpholine rings is 1. The van der Waals surface area contributed by atoms with Gasteiger partial charge >= 0.3 is 0 Å². The molecule has 0 radical (unpaired) electrons. The van der Waals surface area contributed by atoms with E-state index in [1.54, 1.807) is 6.07 Å². The van der Waals surface area contributed by atoms with Crippen molar-refractivity contribution in [2.45, 2.75) is 25.6 Å². The highest BCUT2D eigenvalue weighted by molar-refractivity contribution is 5.92. The first kappa shape index (κ1) is 19.5. The van der Waals surface area contributed by atoms with E-state index in [1.807, 2.05) is 11.8 Å². The van der Waals surface area contributed by atoms with Gasteiger partial charge in [-0.2, -0.15) is 0 Å². The molecule has 3 aliphatic rings. The summed E-state index contributed by atoms with van der Waals surface area (Å²) in [5.74, 6) is -0.0352. The molecular weight excluding hydrogens is 362 g/mol. The van der Waals surface area contributed by atoms with Gasteiger partial charge in [0.2, 0.25) is 5.95 Å². The van der Waals surface area contributed by atoms with E-state index in [2.05, 4.69) is 20.2 Å². The van der Waals surface area contributed by atoms with Crippen LogP contribution in [0.5, 0.6) is 0 Å². The lowest BCUT2D eigenvalue weighted by molar-refractivity contribution is -0.181. The Morgan fingerprint density at radius 1 is 1.11 bits per heavy atom. The number of carbonyl (C=O) groups excluding carboxylic acids is 1. The minimum absolute atomic E-state index is 0.0606. The number of aryl methyl sites for hydroxylation is 1. The van der Waals surface area contributed by atoms with Crippen LogP contribution in [0.4, 0.5) is 5.95 Å². The van der Waals surface area contributed by atoms with Gasteiger partial charge in [0.05, 0.1) is 26.4 Å². The maximum atomic E-state index is 12.9. The largest absolute Gasteiger partial charge is 0.379 e. The average molecular weight is 391 g/mol. The summed E-state index contributed by atoms with van der Waals surface area (Å²) in [7, 11) is 0. The first-order chi connectivity index (χ1) is 13.6. The van der Waals surface area contributed by atoms with Crippen molar-refractivity contribution < 1.29 is 19.0 Å². The van der Waals surface area contributed by atoms with Gasteiger partial charge < -0.3 is 24.4 Å². The second-order valence-corrected chi connectivity index (χ2v) is 7.50. The van der Waals surface area contributed by atoms with Gasteiger partial charge in [0.25, 0.3) is 5.91 Å². The molecule has 0 aromatic carbocycles. The standard InChI is InChI=1S/C19H29N5O4/c1-15-14-16(17(25)24-5-2-19(3-6-24)27-12-13-28-19)22-18(21-15)20-4-7-23-8-10-26-11-9-23/h14H,2-13H2,1H3,(H,20,21,22). The molecule has 4 rings (SSSR count). The van der Waals surface area contributed by atoms with Crippen LogP contribution in [0.25, 0.3) is 0 Å². The van der Waals surface area contributed by atoms with Crippen LogP contribution >= 0.6 is 0 Å². The molecule has 1 N–H and O–H groups in total. The fraction of sp³-hybridized carbons (Fsp3) is 0.737. The van der Waals surface area contributed by atoms with Crippen molar-refractivity contribution in [1.82, 2.24) is 19.8 Å². The molecule has 1 amide bonds. The van der Waals surface area contributed by atoms with Gasteiger partial charge in [-0.15, -0.1) is 0 Å². The van der Waals surface area contributed by atoms with Crippen molar-refractivity contribution >= 4 is 11.9 Å². The minimum Gasteiger partial charge on any atom is -0.379 e. The van der Waals surface area contributed by atoms with E-state index < -0.39 is 5.79 Å². The lowest BCUT2D eigenvalue weighted by Gasteiger charge is -2.37. The van der Waals surface area contributed by atoms with Crippen molar-refractivity contribution in [3.8, 4) is 0 Å². The smallest absolute Gasteiger partial charge is 0.272 e. The molecule has 3 aliphatic heterocycles. The normalized spacial score (nSPS) is 22.5. The molecule has 0 saturated carbocycles. The molecular formula is C19H29N5O4. The molecule has 3 fully saturated rings. The third kappa shape index (κ3) is 4.60. The summed E-state index contributed by atoms with van der Waals surface area (Å²) in [4.78, 5) is 26.0. The summed E-state index contributed by atoms with van der Waals surface area (Å²) in [6.45, 7) is 9.49. The van der Waals surface area contributed by atoms with Crippen LogP contribution < -0.4 is 5.32 Å². The number of hydrogen-bond acceptors (Lipinski definition) is 8. The van der Waals surface area contributed by atoms with Crippen LogP contribution in [0.1, 0.15) is 29.0 Å². The van der Waals surface area contributed by atoms with Crippen LogP contribution in [0, 0.1) is 6.92 Å². The molecule has 0 atom stereocenters. The van der Waals surface area contributed by atoms with Gasteiger partial charge in [-0.1, -0.05) is 0 Å². The Bertz CT molecular complexity index is 679. The number of carbonyl (C=O) groups is 1. The van der Waals surface area contributed by atoms with Crippen molar-refractivity contribution in [3.63, 3.8) is 0 Å². The van der Waals surface area contributed by atoms with E-state index >= 15 is 0 Å². The first-order valence-electron chi connectivity index (χ1n) is 10.1. The maximum Gasteiger partial charge on any atom is 0.272 e. The average Bonchev–Trinajstić information content (AvgIpc) is 3.16. The zero-order valence-electron chi connectivity index (χ0n) is 16.5. The molecule has 9 heteroatoms. The number of nitrogens with one attached hydrogen (secondary N) is 1. The molecule has 3 saturated heterocycles. The summed E-state index contributed by atoms with van der Waals surface area (Å²) >= 11 is 0. The summed E-state index contributed by atoms with van der Waals surface area (Å²) < 4.78 is 16.8. The third-order valence-corrected chi connectivity index (χ3v) is 5.51. The van der Waals surface area contributed by atoms with Crippen molar-refractivity contribution in [3.05, 3.63) is 17.5 Å². The summed E-state index contributed by atoms with van der Waals surface area (Å²) in [5, 5.41) is 3.26.